The van der Waals surface area contributed by atoms with E-state index in [0.29, 0.717) is 11.8 Å². The van der Waals surface area contributed by atoms with Gasteiger partial charge in [-0.3, -0.25) is 0 Å². The van der Waals surface area contributed by atoms with Gasteiger partial charge in [-0.05, 0) is 73.3 Å². The summed E-state index contributed by atoms with van der Waals surface area (Å²) >= 11 is 0. The lowest BCUT2D eigenvalue weighted by Crippen LogP contribution is -2.49. The number of phenols is 2. The molecule has 3 N–H and O–H groups in total. The SMILES string of the molecule is Cc1cc(O)cc(O)c1[C@@]1(C)CCC2C(CC[C@@H](O)C2(C)C)C1. The van der Waals surface area contributed by atoms with Crippen LogP contribution in [-0.2, 0) is 5.41 Å². The minimum atomic E-state index is -0.197. The second-order valence-electron chi connectivity index (χ2n) is 8.74. The van der Waals surface area contributed by atoms with E-state index in [1.54, 1.807) is 6.07 Å². The van der Waals surface area contributed by atoms with Crippen molar-refractivity contribution in [2.75, 3.05) is 0 Å². The molecule has 0 aromatic heterocycles. The molecule has 2 fully saturated rings. The van der Waals surface area contributed by atoms with Crippen molar-refractivity contribution < 1.29 is 15.3 Å². The molecule has 3 heteroatoms. The number of phenolic OH excluding ortho intramolecular Hbond substituents is 2. The normalized spacial score (nSPS) is 36.5. The zero-order valence-corrected chi connectivity index (χ0v) is 14.8. The number of hydrogen-bond donors (Lipinski definition) is 3. The molecule has 0 saturated heterocycles. The Kier molecular flexibility index (Phi) is 3.91. The summed E-state index contributed by atoms with van der Waals surface area (Å²) in [6, 6.07) is 3.22. The van der Waals surface area contributed by atoms with Crippen LogP contribution >= 0.6 is 0 Å². The van der Waals surface area contributed by atoms with Crippen LogP contribution in [0.4, 0.5) is 0 Å². The van der Waals surface area contributed by atoms with Gasteiger partial charge in [0.2, 0.25) is 0 Å². The van der Waals surface area contributed by atoms with Gasteiger partial charge in [-0.2, -0.15) is 0 Å². The average molecular weight is 318 g/mol. The third-order valence-corrected chi connectivity index (χ3v) is 6.82. The summed E-state index contributed by atoms with van der Waals surface area (Å²) in [4.78, 5) is 0. The number of rotatable bonds is 1. The Morgan fingerprint density at radius 3 is 2.39 bits per heavy atom. The fourth-order valence-electron chi connectivity index (χ4n) is 5.57. The van der Waals surface area contributed by atoms with E-state index in [2.05, 4.69) is 20.8 Å². The Morgan fingerprint density at radius 2 is 1.74 bits per heavy atom. The Balaban J connectivity index is 1.93. The number of benzene rings is 1. The van der Waals surface area contributed by atoms with Crippen LogP contribution in [0.15, 0.2) is 12.1 Å². The molecule has 0 heterocycles. The molecule has 0 radical (unpaired) electrons. The average Bonchev–Trinajstić information content (AvgIpc) is 2.41. The highest BCUT2D eigenvalue weighted by Crippen LogP contribution is 2.56. The molecule has 128 valence electrons. The van der Waals surface area contributed by atoms with Crippen molar-refractivity contribution >= 4 is 0 Å². The van der Waals surface area contributed by atoms with E-state index in [1.165, 1.54) is 6.07 Å². The molecule has 23 heavy (non-hydrogen) atoms. The summed E-state index contributed by atoms with van der Waals surface area (Å²) in [6.07, 6.45) is 4.91. The van der Waals surface area contributed by atoms with Crippen LogP contribution in [0.25, 0.3) is 0 Å². The second kappa shape index (κ2) is 5.41. The molecule has 2 aliphatic carbocycles. The molecule has 3 nitrogen and oxygen atoms in total. The van der Waals surface area contributed by atoms with E-state index in [4.69, 9.17) is 0 Å². The number of aryl methyl sites for hydroxylation is 1. The fourth-order valence-corrected chi connectivity index (χ4v) is 5.57. The number of hydrogen-bond acceptors (Lipinski definition) is 3. The van der Waals surface area contributed by atoms with Crippen molar-refractivity contribution in [2.24, 2.45) is 17.3 Å². The zero-order chi connectivity index (χ0) is 17.0. The molecule has 4 atom stereocenters. The Bertz CT molecular complexity index is 584. The van der Waals surface area contributed by atoms with E-state index in [-0.39, 0.29) is 28.4 Å². The summed E-state index contributed by atoms with van der Waals surface area (Å²) in [7, 11) is 0. The van der Waals surface area contributed by atoms with E-state index in [9.17, 15) is 15.3 Å². The van der Waals surface area contributed by atoms with Gasteiger partial charge in [-0.1, -0.05) is 20.8 Å². The van der Waals surface area contributed by atoms with Gasteiger partial charge in [-0.15, -0.1) is 0 Å². The molecule has 2 aliphatic rings. The van der Waals surface area contributed by atoms with Gasteiger partial charge in [0.25, 0.3) is 0 Å². The largest absolute Gasteiger partial charge is 0.508 e. The molecular weight excluding hydrogens is 288 g/mol. The zero-order valence-electron chi connectivity index (χ0n) is 14.8. The van der Waals surface area contributed by atoms with Gasteiger partial charge in [0.05, 0.1) is 6.10 Å². The molecule has 1 aromatic rings. The highest BCUT2D eigenvalue weighted by atomic mass is 16.3. The Hall–Kier alpha value is -1.22. The molecule has 1 aromatic carbocycles. The van der Waals surface area contributed by atoms with Crippen molar-refractivity contribution in [1.82, 2.24) is 0 Å². The maximum atomic E-state index is 10.4. The summed E-state index contributed by atoms with van der Waals surface area (Å²) in [5.41, 5.74) is 1.90. The van der Waals surface area contributed by atoms with Crippen molar-refractivity contribution in [2.45, 2.75) is 71.3 Å². The number of fused-ring (bicyclic) bond motifs is 1. The lowest BCUT2D eigenvalue weighted by molar-refractivity contribution is -0.0818. The summed E-state index contributed by atoms with van der Waals surface area (Å²) in [5, 5.41) is 30.5. The van der Waals surface area contributed by atoms with E-state index in [1.807, 2.05) is 6.92 Å². The number of aromatic hydroxyl groups is 2. The molecule has 0 amide bonds. The molecule has 0 aliphatic heterocycles. The van der Waals surface area contributed by atoms with Crippen LogP contribution in [0.5, 0.6) is 11.5 Å². The topological polar surface area (TPSA) is 60.7 Å². The predicted molar refractivity (Wildman–Crippen MR) is 91.7 cm³/mol. The maximum absolute atomic E-state index is 10.4. The second-order valence-corrected chi connectivity index (χ2v) is 8.74. The fraction of sp³-hybridized carbons (Fsp3) is 0.700. The standard InChI is InChI=1S/C20H30O3/c1-12-9-14(21)10-16(22)18(12)20(4)8-7-15-13(11-20)5-6-17(23)19(15,2)3/h9-10,13,15,17,21-23H,5-8,11H2,1-4H3/t13?,15?,17-,20+/m1/s1. The summed E-state index contributed by atoms with van der Waals surface area (Å²) in [6.45, 7) is 8.64. The van der Waals surface area contributed by atoms with Crippen LogP contribution in [0.3, 0.4) is 0 Å². The van der Waals surface area contributed by atoms with Gasteiger partial charge < -0.3 is 15.3 Å². The quantitative estimate of drug-likeness (QED) is 0.725. The van der Waals surface area contributed by atoms with Crippen LogP contribution in [-0.4, -0.2) is 21.4 Å². The maximum Gasteiger partial charge on any atom is 0.123 e. The van der Waals surface area contributed by atoms with E-state index in [0.717, 1.165) is 43.2 Å². The first-order valence-electron chi connectivity index (χ1n) is 8.86. The number of aliphatic hydroxyl groups excluding tert-OH is 1. The lowest BCUT2D eigenvalue weighted by Gasteiger charge is -2.54. The monoisotopic (exact) mass is 318 g/mol. The van der Waals surface area contributed by atoms with Gasteiger partial charge >= 0.3 is 0 Å². The van der Waals surface area contributed by atoms with Crippen molar-refractivity contribution in [3.8, 4) is 11.5 Å². The molecule has 0 spiro atoms. The van der Waals surface area contributed by atoms with Gasteiger partial charge in [0, 0.05) is 11.6 Å². The highest BCUT2D eigenvalue weighted by Gasteiger charge is 2.50. The van der Waals surface area contributed by atoms with Gasteiger partial charge in [-0.25, -0.2) is 0 Å². The third-order valence-electron chi connectivity index (χ3n) is 6.82. The first-order chi connectivity index (χ1) is 10.6. The highest BCUT2D eigenvalue weighted by molar-refractivity contribution is 5.49. The third kappa shape index (κ3) is 2.63. The first-order valence-corrected chi connectivity index (χ1v) is 8.86. The Morgan fingerprint density at radius 1 is 1.04 bits per heavy atom. The van der Waals surface area contributed by atoms with Crippen molar-refractivity contribution in [3.63, 3.8) is 0 Å². The molecular formula is C20H30O3. The summed E-state index contributed by atoms with van der Waals surface area (Å²) in [5.74, 6) is 1.50. The van der Waals surface area contributed by atoms with Crippen LogP contribution in [0.2, 0.25) is 0 Å². The minimum Gasteiger partial charge on any atom is -0.508 e. The van der Waals surface area contributed by atoms with Crippen molar-refractivity contribution in [3.05, 3.63) is 23.3 Å². The molecule has 2 saturated carbocycles. The van der Waals surface area contributed by atoms with Gasteiger partial charge in [0.1, 0.15) is 11.5 Å². The molecule has 0 bridgehead atoms. The lowest BCUT2D eigenvalue weighted by atomic mass is 9.52. The summed E-state index contributed by atoms with van der Waals surface area (Å²) < 4.78 is 0. The van der Waals surface area contributed by atoms with E-state index >= 15 is 0 Å². The first kappa shape index (κ1) is 16.6. The smallest absolute Gasteiger partial charge is 0.123 e. The molecule has 3 rings (SSSR count). The Labute approximate surface area is 139 Å². The number of aliphatic hydroxyl groups is 1. The predicted octanol–water partition coefficient (Wildman–Crippen LogP) is 4.26. The van der Waals surface area contributed by atoms with Crippen molar-refractivity contribution in [1.29, 1.82) is 0 Å². The van der Waals surface area contributed by atoms with Crippen LogP contribution in [0.1, 0.15) is 64.0 Å². The molecule has 2 unspecified atom stereocenters. The van der Waals surface area contributed by atoms with E-state index < -0.39 is 0 Å². The van der Waals surface area contributed by atoms with Gasteiger partial charge in [0.15, 0.2) is 0 Å². The van der Waals surface area contributed by atoms with Crippen LogP contribution < -0.4 is 0 Å². The minimum absolute atomic E-state index is 0.0176. The van der Waals surface area contributed by atoms with Crippen LogP contribution in [0, 0.1) is 24.2 Å².